The molecule has 0 aliphatic carbocycles. The number of ether oxygens (including phenoxy) is 2. The van der Waals surface area contributed by atoms with Gasteiger partial charge >= 0.3 is 0 Å². The molecule has 90 valence electrons. The standard InChI is InChI=1S/C13H19IO2/c1-15-13-7-5-12(6-8-13)11-16-10-4-2-3-9-14/h5-8H,2-4,9-11H2,1H3. The maximum atomic E-state index is 5.60. The Balaban J connectivity index is 2.12. The lowest BCUT2D eigenvalue weighted by molar-refractivity contribution is 0.117. The fourth-order valence-electron chi connectivity index (χ4n) is 1.39. The van der Waals surface area contributed by atoms with Gasteiger partial charge in [0.15, 0.2) is 0 Å². The summed E-state index contributed by atoms with van der Waals surface area (Å²) in [6.45, 7) is 1.57. The van der Waals surface area contributed by atoms with Crippen LogP contribution in [0.25, 0.3) is 0 Å². The Bertz CT molecular complexity index is 272. The van der Waals surface area contributed by atoms with Gasteiger partial charge in [-0.1, -0.05) is 41.1 Å². The molecule has 0 fully saturated rings. The monoisotopic (exact) mass is 334 g/mol. The van der Waals surface area contributed by atoms with Gasteiger partial charge in [-0.2, -0.15) is 0 Å². The van der Waals surface area contributed by atoms with Crippen LogP contribution in [0.5, 0.6) is 5.75 Å². The van der Waals surface area contributed by atoms with Gasteiger partial charge < -0.3 is 9.47 Å². The van der Waals surface area contributed by atoms with Crippen molar-refractivity contribution in [3.63, 3.8) is 0 Å². The zero-order chi connectivity index (χ0) is 11.6. The average molecular weight is 334 g/mol. The van der Waals surface area contributed by atoms with E-state index in [9.17, 15) is 0 Å². The van der Waals surface area contributed by atoms with Crippen LogP contribution in [0.1, 0.15) is 24.8 Å². The Labute approximate surface area is 111 Å². The first-order chi connectivity index (χ1) is 7.86. The molecule has 1 rings (SSSR count). The van der Waals surface area contributed by atoms with Crippen LogP contribution in [0.2, 0.25) is 0 Å². The first-order valence-corrected chi connectivity index (χ1v) is 7.16. The third-order valence-corrected chi connectivity index (χ3v) is 3.11. The van der Waals surface area contributed by atoms with Crippen molar-refractivity contribution in [2.75, 3.05) is 18.1 Å². The Morgan fingerprint density at radius 2 is 1.81 bits per heavy atom. The number of benzene rings is 1. The minimum atomic E-state index is 0.703. The van der Waals surface area contributed by atoms with Gasteiger partial charge in [-0.15, -0.1) is 0 Å². The van der Waals surface area contributed by atoms with Crippen LogP contribution >= 0.6 is 22.6 Å². The summed E-state index contributed by atoms with van der Waals surface area (Å²) in [5, 5.41) is 0. The molecule has 0 bridgehead atoms. The average Bonchev–Trinajstić information content (AvgIpc) is 2.34. The van der Waals surface area contributed by atoms with Crippen LogP contribution in [0.15, 0.2) is 24.3 Å². The summed E-state index contributed by atoms with van der Waals surface area (Å²) >= 11 is 2.41. The van der Waals surface area contributed by atoms with Crippen molar-refractivity contribution in [3.05, 3.63) is 29.8 Å². The molecule has 0 saturated carbocycles. The van der Waals surface area contributed by atoms with Crippen molar-refractivity contribution in [1.82, 2.24) is 0 Å². The molecule has 0 heterocycles. The first kappa shape index (κ1) is 13.8. The number of halogens is 1. The summed E-state index contributed by atoms with van der Waals surface area (Å²) in [7, 11) is 1.68. The maximum absolute atomic E-state index is 5.60. The molecule has 3 heteroatoms. The lowest BCUT2D eigenvalue weighted by Gasteiger charge is -2.05. The number of methoxy groups -OCH3 is 1. The summed E-state index contributed by atoms with van der Waals surface area (Å²) < 4.78 is 11.9. The Hall–Kier alpha value is -0.290. The normalized spacial score (nSPS) is 10.4. The molecule has 1 aromatic rings. The molecule has 0 saturated heterocycles. The van der Waals surface area contributed by atoms with E-state index in [1.54, 1.807) is 7.11 Å². The maximum Gasteiger partial charge on any atom is 0.118 e. The topological polar surface area (TPSA) is 18.5 Å². The van der Waals surface area contributed by atoms with Crippen molar-refractivity contribution in [2.24, 2.45) is 0 Å². The van der Waals surface area contributed by atoms with Crippen molar-refractivity contribution >= 4 is 22.6 Å². The molecule has 0 aliphatic rings. The molecule has 16 heavy (non-hydrogen) atoms. The molecule has 0 aliphatic heterocycles. The van der Waals surface area contributed by atoms with E-state index in [2.05, 4.69) is 22.6 Å². The number of unbranched alkanes of at least 4 members (excludes halogenated alkanes) is 2. The highest BCUT2D eigenvalue weighted by atomic mass is 127. The summed E-state index contributed by atoms with van der Waals surface area (Å²) in [5.74, 6) is 0.894. The largest absolute Gasteiger partial charge is 0.497 e. The van der Waals surface area contributed by atoms with Crippen LogP contribution in [0, 0.1) is 0 Å². The Kier molecular flexibility index (Phi) is 7.59. The molecule has 0 amide bonds. The third-order valence-electron chi connectivity index (χ3n) is 2.35. The number of rotatable bonds is 8. The number of alkyl halides is 1. The lowest BCUT2D eigenvalue weighted by atomic mass is 10.2. The van der Waals surface area contributed by atoms with Gasteiger partial charge in [0.2, 0.25) is 0 Å². The van der Waals surface area contributed by atoms with Gasteiger partial charge in [0.05, 0.1) is 13.7 Å². The minimum Gasteiger partial charge on any atom is -0.497 e. The molecular weight excluding hydrogens is 315 g/mol. The predicted molar refractivity (Wildman–Crippen MR) is 75.4 cm³/mol. The van der Waals surface area contributed by atoms with Gasteiger partial charge in [-0.05, 0) is 35.0 Å². The molecule has 0 radical (unpaired) electrons. The lowest BCUT2D eigenvalue weighted by Crippen LogP contribution is -1.95. The quantitative estimate of drug-likeness (QED) is 0.409. The zero-order valence-corrected chi connectivity index (χ0v) is 11.9. The van der Waals surface area contributed by atoms with Gasteiger partial charge in [0, 0.05) is 6.61 Å². The summed E-state index contributed by atoms with van der Waals surface area (Å²) in [6, 6.07) is 8.02. The predicted octanol–water partition coefficient (Wildman–Crippen LogP) is 3.82. The smallest absolute Gasteiger partial charge is 0.118 e. The summed E-state index contributed by atoms with van der Waals surface area (Å²) in [4.78, 5) is 0. The van der Waals surface area contributed by atoms with Crippen LogP contribution in [0.3, 0.4) is 0 Å². The van der Waals surface area contributed by atoms with Gasteiger partial charge in [-0.25, -0.2) is 0 Å². The SMILES string of the molecule is COc1ccc(COCCCCCI)cc1. The summed E-state index contributed by atoms with van der Waals surface area (Å²) in [5.41, 5.74) is 1.20. The molecule has 0 atom stereocenters. The second-order valence-electron chi connectivity index (χ2n) is 3.65. The van der Waals surface area contributed by atoms with Crippen LogP contribution in [0.4, 0.5) is 0 Å². The molecule has 1 aromatic carbocycles. The van der Waals surface area contributed by atoms with Crippen molar-refractivity contribution in [1.29, 1.82) is 0 Å². The van der Waals surface area contributed by atoms with Crippen LogP contribution in [-0.2, 0) is 11.3 Å². The van der Waals surface area contributed by atoms with E-state index in [0.717, 1.165) is 12.4 Å². The van der Waals surface area contributed by atoms with Crippen molar-refractivity contribution < 1.29 is 9.47 Å². The van der Waals surface area contributed by atoms with Crippen molar-refractivity contribution in [2.45, 2.75) is 25.9 Å². The van der Waals surface area contributed by atoms with Crippen molar-refractivity contribution in [3.8, 4) is 5.75 Å². The van der Waals surface area contributed by atoms with E-state index in [1.165, 1.54) is 29.3 Å². The second kappa shape index (κ2) is 8.82. The summed E-state index contributed by atoms with van der Waals surface area (Å²) in [6.07, 6.45) is 3.73. The molecule has 0 N–H and O–H groups in total. The van der Waals surface area contributed by atoms with E-state index < -0.39 is 0 Å². The van der Waals surface area contributed by atoms with E-state index in [4.69, 9.17) is 9.47 Å². The first-order valence-electron chi connectivity index (χ1n) is 5.63. The van der Waals surface area contributed by atoms with E-state index >= 15 is 0 Å². The Morgan fingerprint density at radius 1 is 1.06 bits per heavy atom. The van der Waals surface area contributed by atoms with E-state index in [1.807, 2.05) is 24.3 Å². The zero-order valence-electron chi connectivity index (χ0n) is 9.75. The molecule has 2 nitrogen and oxygen atoms in total. The van der Waals surface area contributed by atoms with Crippen LogP contribution < -0.4 is 4.74 Å². The molecule has 0 spiro atoms. The third kappa shape index (κ3) is 5.70. The molecule has 0 unspecified atom stereocenters. The van der Waals surface area contributed by atoms with Gasteiger partial charge in [-0.3, -0.25) is 0 Å². The van der Waals surface area contributed by atoms with Gasteiger partial charge in [0.25, 0.3) is 0 Å². The molecule has 0 aromatic heterocycles. The fourth-order valence-corrected chi connectivity index (χ4v) is 1.93. The van der Waals surface area contributed by atoms with E-state index in [0.29, 0.717) is 6.61 Å². The second-order valence-corrected chi connectivity index (χ2v) is 4.73. The number of hydrogen-bond acceptors (Lipinski definition) is 2. The fraction of sp³-hybridized carbons (Fsp3) is 0.538. The number of hydrogen-bond donors (Lipinski definition) is 0. The Morgan fingerprint density at radius 3 is 2.44 bits per heavy atom. The minimum absolute atomic E-state index is 0.703. The molecular formula is C13H19IO2. The highest BCUT2D eigenvalue weighted by molar-refractivity contribution is 14.1. The highest BCUT2D eigenvalue weighted by Gasteiger charge is 1.95. The van der Waals surface area contributed by atoms with Gasteiger partial charge in [0.1, 0.15) is 5.75 Å². The highest BCUT2D eigenvalue weighted by Crippen LogP contribution is 2.12. The van der Waals surface area contributed by atoms with E-state index in [-0.39, 0.29) is 0 Å². The van der Waals surface area contributed by atoms with Crippen LogP contribution in [-0.4, -0.2) is 18.1 Å².